The highest BCUT2D eigenvalue weighted by atomic mass is 35.5. The smallest absolute Gasteiger partial charge is 0.213 e. The molecule has 2 atom stereocenters. The van der Waals surface area contributed by atoms with E-state index >= 15 is 0 Å². The first kappa shape index (κ1) is 17.5. The number of halogens is 1. The van der Waals surface area contributed by atoms with Gasteiger partial charge in [-0.1, -0.05) is 78.3 Å². The van der Waals surface area contributed by atoms with Crippen molar-refractivity contribution in [2.45, 2.75) is 18.7 Å². The molecule has 4 heteroatoms. The number of benzene rings is 4. The lowest BCUT2D eigenvalue weighted by Gasteiger charge is -2.38. The Bertz CT molecular complexity index is 1300. The maximum atomic E-state index is 6.40. The molecule has 6 rings (SSSR count). The number of fused-ring (bicyclic) bond motifs is 4. The van der Waals surface area contributed by atoms with E-state index in [9.17, 15) is 0 Å². The molecule has 0 unspecified atom stereocenters. The highest BCUT2D eigenvalue weighted by Crippen LogP contribution is 2.47. The third-order valence-corrected chi connectivity index (χ3v) is 6.15. The van der Waals surface area contributed by atoms with Crippen molar-refractivity contribution in [2.24, 2.45) is 5.10 Å². The van der Waals surface area contributed by atoms with Crippen LogP contribution in [-0.2, 0) is 0 Å². The Labute approximate surface area is 180 Å². The molecule has 146 valence electrons. The lowest BCUT2D eigenvalue weighted by Crippen LogP contribution is -2.33. The number of rotatable bonds is 2. The summed E-state index contributed by atoms with van der Waals surface area (Å²) >= 11 is 6.28. The summed E-state index contributed by atoms with van der Waals surface area (Å²) in [5, 5.41) is 10.3. The standard InChI is InChI=1S/C26H19ClN2O/c27-21-9-5-8-20(15-21)26-29-24(22-10-3-4-11-25(22)30-26)16-23(28-29)19-13-12-17-6-1-2-7-18(17)14-19/h1-15,24,26H,16H2/t24-,26+/m0/s1. The van der Waals surface area contributed by atoms with Crippen LogP contribution < -0.4 is 4.74 Å². The van der Waals surface area contributed by atoms with Crippen molar-refractivity contribution in [3.05, 3.63) is 113 Å². The second-order valence-corrected chi connectivity index (χ2v) is 8.21. The van der Waals surface area contributed by atoms with Gasteiger partial charge >= 0.3 is 0 Å². The van der Waals surface area contributed by atoms with E-state index in [1.807, 2.05) is 36.4 Å². The zero-order valence-electron chi connectivity index (χ0n) is 16.2. The van der Waals surface area contributed by atoms with E-state index < -0.39 is 0 Å². The first-order chi connectivity index (χ1) is 14.8. The lowest BCUT2D eigenvalue weighted by atomic mass is 9.95. The van der Waals surface area contributed by atoms with Crippen LogP contribution in [0.3, 0.4) is 0 Å². The van der Waals surface area contributed by atoms with Crippen LogP contribution in [-0.4, -0.2) is 10.7 Å². The van der Waals surface area contributed by atoms with Gasteiger partial charge in [0, 0.05) is 22.6 Å². The predicted molar refractivity (Wildman–Crippen MR) is 121 cm³/mol. The maximum Gasteiger partial charge on any atom is 0.213 e. The molecule has 0 saturated heterocycles. The van der Waals surface area contributed by atoms with Gasteiger partial charge in [-0.3, -0.25) is 0 Å². The molecule has 2 heterocycles. The molecule has 30 heavy (non-hydrogen) atoms. The molecule has 2 aliphatic heterocycles. The van der Waals surface area contributed by atoms with E-state index in [-0.39, 0.29) is 12.3 Å². The second kappa shape index (κ2) is 6.89. The predicted octanol–water partition coefficient (Wildman–Crippen LogP) is 6.74. The van der Waals surface area contributed by atoms with E-state index in [0.717, 1.165) is 29.0 Å². The van der Waals surface area contributed by atoms with Crippen molar-refractivity contribution in [1.29, 1.82) is 0 Å². The first-order valence-corrected chi connectivity index (χ1v) is 10.5. The molecule has 0 aromatic heterocycles. The fourth-order valence-corrected chi connectivity index (χ4v) is 4.66. The average molecular weight is 411 g/mol. The summed E-state index contributed by atoms with van der Waals surface area (Å²) in [7, 11) is 0. The molecular formula is C26H19ClN2O. The van der Waals surface area contributed by atoms with Crippen molar-refractivity contribution in [2.75, 3.05) is 0 Å². The molecule has 0 spiro atoms. The molecular weight excluding hydrogens is 392 g/mol. The topological polar surface area (TPSA) is 24.8 Å². The summed E-state index contributed by atoms with van der Waals surface area (Å²) < 4.78 is 6.40. The lowest BCUT2D eigenvalue weighted by molar-refractivity contribution is -0.0190. The van der Waals surface area contributed by atoms with Crippen molar-refractivity contribution >= 4 is 28.1 Å². The number of hydrogen-bond donors (Lipinski definition) is 0. The van der Waals surface area contributed by atoms with E-state index in [1.165, 1.54) is 16.3 Å². The Morgan fingerprint density at radius 2 is 1.67 bits per heavy atom. The van der Waals surface area contributed by atoms with Gasteiger partial charge in [-0.05, 0) is 40.6 Å². The van der Waals surface area contributed by atoms with Crippen LogP contribution in [0, 0.1) is 0 Å². The monoisotopic (exact) mass is 410 g/mol. The molecule has 2 aliphatic rings. The van der Waals surface area contributed by atoms with Gasteiger partial charge in [0.05, 0.1) is 11.8 Å². The van der Waals surface area contributed by atoms with Crippen LogP contribution in [0.15, 0.2) is 96.1 Å². The van der Waals surface area contributed by atoms with Crippen molar-refractivity contribution in [3.63, 3.8) is 0 Å². The average Bonchev–Trinajstić information content (AvgIpc) is 3.24. The zero-order chi connectivity index (χ0) is 20.1. The van der Waals surface area contributed by atoms with Gasteiger partial charge in [0.25, 0.3) is 0 Å². The van der Waals surface area contributed by atoms with Crippen LogP contribution in [0.5, 0.6) is 5.75 Å². The van der Waals surface area contributed by atoms with Gasteiger partial charge in [0.1, 0.15) is 5.75 Å². The molecule has 3 nitrogen and oxygen atoms in total. The fraction of sp³-hybridized carbons (Fsp3) is 0.115. The molecule has 0 aliphatic carbocycles. The summed E-state index contributed by atoms with van der Waals surface area (Å²) in [6.07, 6.45) is 0.539. The molecule has 0 saturated carbocycles. The van der Waals surface area contributed by atoms with E-state index in [2.05, 4.69) is 59.6 Å². The quantitative estimate of drug-likeness (QED) is 0.365. The summed E-state index contributed by atoms with van der Waals surface area (Å²) in [6.45, 7) is 0. The number of nitrogens with zero attached hydrogens (tertiary/aromatic N) is 2. The minimum atomic E-state index is -0.304. The number of para-hydroxylation sites is 1. The fourth-order valence-electron chi connectivity index (χ4n) is 4.46. The minimum absolute atomic E-state index is 0.139. The Morgan fingerprint density at radius 3 is 2.57 bits per heavy atom. The summed E-state index contributed by atoms with van der Waals surface area (Å²) in [6, 6.07) is 31.2. The van der Waals surface area contributed by atoms with Crippen LogP contribution in [0.2, 0.25) is 5.02 Å². The van der Waals surface area contributed by atoms with E-state index in [1.54, 1.807) is 0 Å². The maximum absolute atomic E-state index is 6.40. The van der Waals surface area contributed by atoms with Crippen molar-refractivity contribution < 1.29 is 4.74 Å². The minimum Gasteiger partial charge on any atom is -0.464 e. The second-order valence-electron chi connectivity index (χ2n) is 7.77. The van der Waals surface area contributed by atoms with E-state index in [0.29, 0.717) is 5.02 Å². The van der Waals surface area contributed by atoms with Crippen LogP contribution in [0.4, 0.5) is 0 Å². The Hall–Kier alpha value is -3.30. The van der Waals surface area contributed by atoms with Crippen molar-refractivity contribution in [1.82, 2.24) is 5.01 Å². The first-order valence-electron chi connectivity index (χ1n) is 10.1. The van der Waals surface area contributed by atoms with Gasteiger partial charge < -0.3 is 4.74 Å². The molecule has 0 amide bonds. The molecule has 0 radical (unpaired) electrons. The van der Waals surface area contributed by atoms with Gasteiger partial charge in [0.15, 0.2) is 0 Å². The summed E-state index contributed by atoms with van der Waals surface area (Å²) in [4.78, 5) is 0. The summed E-state index contributed by atoms with van der Waals surface area (Å²) in [5.41, 5.74) is 4.42. The highest BCUT2D eigenvalue weighted by molar-refractivity contribution is 6.30. The SMILES string of the molecule is Clc1cccc([C@H]2Oc3ccccc3[C@@H]3CC(c4ccc5ccccc5c4)=NN23)c1. The number of hydrogen-bond acceptors (Lipinski definition) is 3. The van der Waals surface area contributed by atoms with Gasteiger partial charge in [-0.15, -0.1) is 0 Å². The molecule has 4 aromatic rings. The van der Waals surface area contributed by atoms with Crippen LogP contribution >= 0.6 is 11.6 Å². The Morgan fingerprint density at radius 1 is 0.833 bits per heavy atom. The molecule has 0 bridgehead atoms. The number of hydrazone groups is 1. The molecule has 0 N–H and O–H groups in total. The summed E-state index contributed by atoms with van der Waals surface area (Å²) in [5.74, 6) is 0.915. The van der Waals surface area contributed by atoms with Crippen LogP contribution in [0.25, 0.3) is 10.8 Å². The highest BCUT2D eigenvalue weighted by Gasteiger charge is 2.40. The van der Waals surface area contributed by atoms with Crippen molar-refractivity contribution in [3.8, 4) is 5.75 Å². The largest absolute Gasteiger partial charge is 0.464 e. The number of ether oxygens (including phenoxy) is 1. The molecule has 4 aromatic carbocycles. The van der Waals surface area contributed by atoms with Crippen LogP contribution in [0.1, 0.15) is 35.4 Å². The Kier molecular flexibility index (Phi) is 4.03. The Balaban J connectivity index is 1.45. The third kappa shape index (κ3) is 2.86. The molecule has 0 fully saturated rings. The zero-order valence-corrected chi connectivity index (χ0v) is 17.0. The van der Waals surface area contributed by atoms with Gasteiger partial charge in [0.2, 0.25) is 6.23 Å². The third-order valence-electron chi connectivity index (χ3n) is 5.92. The van der Waals surface area contributed by atoms with Gasteiger partial charge in [-0.25, -0.2) is 5.01 Å². The van der Waals surface area contributed by atoms with E-state index in [4.69, 9.17) is 21.4 Å². The normalized spacial score (nSPS) is 19.8. The van der Waals surface area contributed by atoms with Gasteiger partial charge in [-0.2, -0.15) is 5.10 Å².